The molecule has 0 radical (unpaired) electrons. The van der Waals surface area contributed by atoms with Gasteiger partial charge < -0.3 is 10.3 Å². The van der Waals surface area contributed by atoms with Crippen LogP contribution in [0.4, 0.5) is 5.69 Å². The predicted molar refractivity (Wildman–Crippen MR) is 67.7 cm³/mol. The van der Waals surface area contributed by atoms with E-state index in [0.29, 0.717) is 16.3 Å². The zero-order valence-corrected chi connectivity index (χ0v) is 11.0. The fourth-order valence-corrected chi connectivity index (χ4v) is 2.23. The van der Waals surface area contributed by atoms with Gasteiger partial charge in [0.15, 0.2) is 15.7 Å². The minimum Gasteiger partial charge on any atom is -0.399 e. The third-order valence-corrected chi connectivity index (χ3v) is 3.03. The SMILES string of the molecule is CS(=O)(=O)Cc1noc(-c2cc(N)cc(Cl)c2)n1. The summed E-state index contributed by atoms with van der Waals surface area (Å²) in [7, 11) is -3.20. The number of sulfone groups is 1. The van der Waals surface area contributed by atoms with Crippen LogP contribution in [-0.2, 0) is 15.6 Å². The third-order valence-electron chi connectivity index (χ3n) is 2.03. The van der Waals surface area contributed by atoms with Gasteiger partial charge in [0.1, 0.15) is 5.75 Å². The summed E-state index contributed by atoms with van der Waals surface area (Å²) in [6.45, 7) is 0. The van der Waals surface area contributed by atoms with E-state index in [9.17, 15) is 8.42 Å². The Morgan fingerprint density at radius 1 is 1.39 bits per heavy atom. The standard InChI is InChI=1S/C10H10ClN3O3S/c1-18(15,16)5-9-13-10(17-14-9)6-2-7(11)4-8(12)3-6/h2-4H,5,12H2,1H3. The Morgan fingerprint density at radius 2 is 2.11 bits per heavy atom. The third kappa shape index (κ3) is 3.21. The number of hydrogen-bond donors (Lipinski definition) is 1. The van der Waals surface area contributed by atoms with E-state index in [2.05, 4.69) is 10.1 Å². The molecule has 1 heterocycles. The Bertz CT molecular complexity index is 661. The monoisotopic (exact) mass is 287 g/mol. The van der Waals surface area contributed by atoms with Gasteiger partial charge in [0.05, 0.1) is 0 Å². The van der Waals surface area contributed by atoms with Gasteiger partial charge in [-0.05, 0) is 18.2 Å². The van der Waals surface area contributed by atoms with Gasteiger partial charge in [-0.2, -0.15) is 4.98 Å². The molecule has 0 fully saturated rings. The lowest BCUT2D eigenvalue weighted by molar-refractivity contribution is 0.424. The number of hydrogen-bond acceptors (Lipinski definition) is 6. The van der Waals surface area contributed by atoms with Crippen molar-refractivity contribution in [3.05, 3.63) is 29.0 Å². The van der Waals surface area contributed by atoms with Crippen LogP contribution in [-0.4, -0.2) is 24.8 Å². The minimum absolute atomic E-state index is 0.103. The van der Waals surface area contributed by atoms with Crippen molar-refractivity contribution in [3.63, 3.8) is 0 Å². The highest BCUT2D eigenvalue weighted by molar-refractivity contribution is 7.89. The molecule has 18 heavy (non-hydrogen) atoms. The summed E-state index contributed by atoms with van der Waals surface area (Å²) in [5, 5.41) is 4.03. The first kappa shape index (κ1) is 12.8. The summed E-state index contributed by atoms with van der Waals surface area (Å²) in [5.41, 5.74) is 6.64. The summed E-state index contributed by atoms with van der Waals surface area (Å²) < 4.78 is 27.2. The van der Waals surface area contributed by atoms with Crippen LogP contribution in [0, 0.1) is 0 Å². The molecule has 0 amide bonds. The Balaban J connectivity index is 2.35. The molecule has 0 aliphatic carbocycles. The van der Waals surface area contributed by atoms with E-state index in [1.54, 1.807) is 18.2 Å². The van der Waals surface area contributed by atoms with E-state index < -0.39 is 9.84 Å². The zero-order chi connectivity index (χ0) is 13.3. The molecule has 1 aromatic heterocycles. The van der Waals surface area contributed by atoms with Gasteiger partial charge >= 0.3 is 0 Å². The molecule has 0 unspecified atom stereocenters. The van der Waals surface area contributed by atoms with Gasteiger partial charge in [-0.25, -0.2) is 8.42 Å². The van der Waals surface area contributed by atoms with Crippen LogP contribution in [0.2, 0.25) is 5.02 Å². The van der Waals surface area contributed by atoms with E-state index >= 15 is 0 Å². The number of halogens is 1. The van der Waals surface area contributed by atoms with Gasteiger partial charge in [0.25, 0.3) is 5.89 Å². The molecule has 0 spiro atoms. The average Bonchev–Trinajstić information content (AvgIpc) is 2.61. The average molecular weight is 288 g/mol. The number of nitrogens with two attached hydrogens (primary N) is 1. The maximum atomic E-state index is 11.1. The highest BCUT2D eigenvalue weighted by atomic mass is 35.5. The summed E-state index contributed by atoms with van der Waals surface area (Å²) in [5.74, 6) is 0.0147. The number of aromatic nitrogens is 2. The maximum absolute atomic E-state index is 11.1. The Hall–Kier alpha value is -1.60. The van der Waals surface area contributed by atoms with E-state index in [4.69, 9.17) is 21.9 Å². The molecule has 6 nitrogen and oxygen atoms in total. The molecule has 8 heteroatoms. The first-order valence-corrected chi connectivity index (χ1v) is 7.34. The fraction of sp³-hybridized carbons (Fsp3) is 0.200. The van der Waals surface area contributed by atoms with Crippen LogP contribution in [0.15, 0.2) is 22.7 Å². The van der Waals surface area contributed by atoms with Crippen LogP contribution in [0.5, 0.6) is 0 Å². The molecule has 0 aliphatic heterocycles. The van der Waals surface area contributed by atoms with Crippen molar-refractivity contribution >= 4 is 27.1 Å². The first-order chi connectivity index (χ1) is 8.33. The molecule has 0 aliphatic rings. The Kier molecular flexibility index (Phi) is 3.27. The fourth-order valence-electron chi connectivity index (χ4n) is 1.40. The molecule has 0 bridgehead atoms. The van der Waals surface area contributed by atoms with Gasteiger partial charge in [-0.3, -0.25) is 0 Å². The van der Waals surface area contributed by atoms with E-state index in [-0.39, 0.29) is 17.5 Å². The van der Waals surface area contributed by atoms with Crippen LogP contribution < -0.4 is 5.73 Å². The summed E-state index contributed by atoms with van der Waals surface area (Å²) in [4.78, 5) is 3.98. The van der Waals surface area contributed by atoms with Crippen molar-refractivity contribution in [1.82, 2.24) is 10.1 Å². The van der Waals surface area contributed by atoms with Gasteiger partial charge in [0.2, 0.25) is 0 Å². The first-order valence-electron chi connectivity index (χ1n) is 4.90. The maximum Gasteiger partial charge on any atom is 0.258 e. The number of rotatable bonds is 3. The Morgan fingerprint density at radius 3 is 2.72 bits per heavy atom. The van der Waals surface area contributed by atoms with E-state index in [1.165, 1.54) is 0 Å². The molecule has 2 N–H and O–H groups in total. The molecule has 0 saturated heterocycles. The lowest BCUT2D eigenvalue weighted by Gasteiger charge is -1.98. The molecular weight excluding hydrogens is 278 g/mol. The molecule has 2 rings (SSSR count). The second-order valence-corrected chi connectivity index (χ2v) is 6.44. The highest BCUT2D eigenvalue weighted by Gasteiger charge is 2.14. The summed E-state index contributed by atoms with van der Waals surface area (Å²) >= 11 is 5.85. The molecule has 0 saturated carbocycles. The van der Waals surface area contributed by atoms with Crippen LogP contribution in [0.1, 0.15) is 5.82 Å². The summed E-state index contributed by atoms with van der Waals surface area (Å²) in [6.07, 6.45) is 1.10. The molecule has 1 aromatic carbocycles. The van der Waals surface area contributed by atoms with Crippen molar-refractivity contribution in [2.75, 3.05) is 12.0 Å². The van der Waals surface area contributed by atoms with Crippen molar-refractivity contribution in [1.29, 1.82) is 0 Å². The number of nitrogen functional groups attached to an aromatic ring is 1. The highest BCUT2D eigenvalue weighted by Crippen LogP contribution is 2.24. The van der Waals surface area contributed by atoms with E-state index in [0.717, 1.165) is 6.26 Å². The summed E-state index contributed by atoms with van der Waals surface area (Å²) in [6, 6.07) is 4.80. The predicted octanol–water partition coefficient (Wildman–Crippen LogP) is 1.52. The zero-order valence-electron chi connectivity index (χ0n) is 9.42. The van der Waals surface area contributed by atoms with Gasteiger partial charge in [0, 0.05) is 22.5 Å². The number of anilines is 1. The lowest BCUT2D eigenvalue weighted by Crippen LogP contribution is -2.02. The number of nitrogens with zero attached hydrogens (tertiary/aromatic N) is 2. The van der Waals surface area contributed by atoms with Crippen LogP contribution in [0.3, 0.4) is 0 Å². The van der Waals surface area contributed by atoms with Crippen molar-refractivity contribution < 1.29 is 12.9 Å². The van der Waals surface area contributed by atoms with Crippen molar-refractivity contribution in [3.8, 4) is 11.5 Å². The molecule has 96 valence electrons. The molecule has 2 aromatic rings. The van der Waals surface area contributed by atoms with Crippen LogP contribution in [0.25, 0.3) is 11.5 Å². The smallest absolute Gasteiger partial charge is 0.258 e. The number of benzene rings is 1. The second kappa shape index (κ2) is 4.58. The Labute approximate surface area is 109 Å². The quantitative estimate of drug-likeness (QED) is 0.859. The minimum atomic E-state index is -3.20. The van der Waals surface area contributed by atoms with E-state index in [1.807, 2.05) is 0 Å². The normalized spacial score (nSPS) is 11.7. The molecule has 0 atom stereocenters. The topological polar surface area (TPSA) is 99.1 Å². The van der Waals surface area contributed by atoms with Gasteiger partial charge in [-0.15, -0.1) is 0 Å². The largest absolute Gasteiger partial charge is 0.399 e. The molecular formula is C10H10ClN3O3S. The lowest BCUT2D eigenvalue weighted by atomic mass is 10.2. The van der Waals surface area contributed by atoms with Crippen molar-refractivity contribution in [2.45, 2.75) is 5.75 Å². The van der Waals surface area contributed by atoms with Crippen molar-refractivity contribution in [2.24, 2.45) is 0 Å². The van der Waals surface area contributed by atoms with Gasteiger partial charge in [-0.1, -0.05) is 16.8 Å². The van der Waals surface area contributed by atoms with Crippen LogP contribution >= 0.6 is 11.6 Å². The second-order valence-electron chi connectivity index (χ2n) is 3.86.